The van der Waals surface area contributed by atoms with E-state index in [0.29, 0.717) is 16.7 Å². The first kappa shape index (κ1) is 30.0. The molecule has 0 aliphatic heterocycles. The molecule has 4 aromatic carbocycles. The fourth-order valence-electron chi connectivity index (χ4n) is 4.51. The second kappa shape index (κ2) is 14.1. The predicted octanol–water partition coefficient (Wildman–Crippen LogP) is 5.42. The topological polar surface area (TPSA) is 86.8 Å². The lowest BCUT2D eigenvalue weighted by Crippen LogP contribution is -2.53. The van der Waals surface area contributed by atoms with Gasteiger partial charge in [0.1, 0.15) is 12.6 Å². The van der Waals surface area contributed by atoms with Crippen LogP contribution in [0.25, 0.3) is 0 Å². The lowest BCUT2D eigenvalue weighted by molar-refractivity contribution is -0.140. The lowest BCUT2D eigenvalue weighted by Gasteiger charge is -2.33. The minimum atomic E-state index is -4.12. The molecule has 0 heterocycles. The van der Waals surface area contributed by atoms with Crippen LogP contribution in [0.2, 0.25) is 0 Å². The van der Waals surface area contributed by atoms with E-state index in [1.54, 1.807) is 42.5 Å². The molecular formula is C32H32BrN3O4S. The van der Waals surface area contributed by atoms with Crippen molar-refractivity contribution in [2.75, 3.05) is 17.4 Å². The highest BCUT2D eigenvalue weighted by atomic mass is 79.9. The third-order valence-electron chi connectivity index (χ3n) is 6.52. The maximum atomic E-state index is 14.3. The number of carbonyl (C=O) groups is 2. The van der Waals surface area contributed by atoms with Crippen molar-refractivity contribution in [3.8, 4) is 0 Å². The number of amides is 2. The van der Waals surface area contributed by atoms with Crippen molar-refractivity contribution >= 4 is 43.5 Å². The molecule has 2 amide bonds. The maximum absolute atomic E-state index is 14.3. The second-order valence-corrected chi connectivity index (χ2v) is 12.2. The molecule has 0 fully saturated rings. The fraction of sp³-hybridized carbons (Fsp3) is 0.188. The Morgan fingerprint density at radius 1 is 0.805 bits per heavy atom. The fourth-order valence-corrected chi connectivity index (χ4v) is 6.32. The number of anilines is 1. The molecule has 1 atom stereocenters. The third kappa shape index (κ3) is 7.83. The minimum Gasteiger partial charge on any atom is -0.355 e. The van der Waals surface area contributed by atoms with Crippen LogP contribution in [0.4, 0.5) is 5.69 Å². The summed E-state index contributed by atoms with van der Waals surface area (Å²) in [5.41, 5.74) is 2.03. The highest BCUT2D eigenvalue weighted by Gasteiger charge is 2.34. The van der Waals surface area contributed by atoms with Crippen LogP contribution in [0, 0.1) is 0 Å². The zero-order valence-corrected chi connectivity index (χ0v) is 25.1. The third-order valence-corrected chi connectivity index (χ3v) is 8.81. The van der Waals surface area contributed by atoms with Gasteiger partial charge in [0.25, 0.3) is 10.0 Å². The molecule has 0 radical (unpaired) electrons. The van der Waals surface area contributed by atoms with Crippen LogP contribution in [-0.2, 0) is 32.6 Å². The Morgan fingerprint density at radius 3 is 1.98 bits per heavy atom. The largest absolute Gasteiger partial charge is 0.355 e. The number of nitrogens with zero attached hydrogens (tertiary/aromatic N) is 2. The van der Waals surface area contributed by atoms with Gasteiger partial charge in [0, 0.05) is 24.0 Å². The Kier molecular flexibility index (Phi) is 10.3. The molecular weight excluding hydrogens is 602 g/mol. The number of carbonyl (C=O) groups excluding carboxylic acids is 2. The van der Waals surface area contributed by atoms with E-state index >= 15 is 0 Å². The molecule has 0 spiro atoms. The quantitative estimate of drug-likeness (QED) is 0.226. The van der Waals surface area contributed by atoms with E-state index in [4.69, 9.17) is 0 Å². The van der Waals surface area contributed by atoms with Crippen molar-refractivity contribution in [3.05, 3.63) is 131 Å². The Bertz CT molecular complexity index is 1550. The van der Waals surface area contributed by atoms with Crippen molar-refractivity contribution in [1.29, 1.82) is 0 Å². The van der Waals surface area contributed by atoms with Crippen molar-refractivity contribution in [2.45, 2.75) is 30.8 Å². The van der Waals surface area contributed by atoms with E-state index in [2.05, 4.69) is 21.2 Å². The summed E-state index contributed by atoms with van der Waals surface area (Å²) in [6, 6.07) is 32.8. The van der Waals surface area contributed by atoms with Gasteiger partial charge in [-0.1, -0.05) is 101 Å². The zero-order chi connectivity index (χ0) is 29.2. The van der Waals surface area contributed by atoms with Crippen molar-refractivity contribution in [1.82, 2.24) is 10.2 Å². The van der Waals surface area contributed by atoms with Gasteiger partial charge in [0.05, 0.1) is 10.6 Å². The molecule has 0 aliphatic carbocycles. The van der Waals surface area contributed by atoms with Gasteiger partial charge in [-0.2, -0.15) is 0 Å². The van der Waals surface area contributed by atoms with Gasteiger partial charge in [0.15, 0.2) is 0 Å². The van der Waals surface area contributed by atoms with Crippen LogP contribution >= 0.6 is 15.9 Å². The first-order valence-electron chi connectivity index (χ1n) is 13.3. The van der Waals surface area contributed by atoms with Crippen molar-refractivity contribution < 1.29 is 18.0 Å². The summed E-state index contributed by atoms with van der Waals surface area (Å²) < 4.78 is 29.6. The Morgan fingerprint density at radius 2 is 1.39 bits per heavy atom. The van der Waals surface area contributed by atoms with E-state index in [-0.39, 0.29) is 23.8 Å². The van der Waals surface area contributed by atoms with E-state index < -0.39 is 28.5 Å². The van der Waals surface area contributed by atoms with Crippen LogP contribution < -0.4 is 9.62 Å². The number of nitrogens with one attached hydrogen (secondary N) is 1. The Balaban J connectivity index is 1.78. The van der Waals surface area contributed by atoms with Gasteiger partial charge in [0.2, 0.25) is 11.8 Å². The first-order chi connectivity index (χ1) is 19.8. The molecule has 0 saturated heterocycles. The standard InChI is InChI=1S/C32H32BrN3O4S/c1-2-34-32(38)30(21-25-13-6-3-7-14-25)35(23-26-15-8-4-9-16-26)31(37)24-36(28-18-12-17-27(33)22-28)41(39,40)29-19-10-5-11-20-29/h3-20,22,30H,2,21,23-24H2,1H3,(H,34,38). The highest BCUT2D eigenvalue weighted by molar-refractivity contribution is 9.10. The average molecular weight is 635 g/mol. The van der Waals surface area contributed by atoms with E-state index in [9.17, 15) is 18.0 Å². The monoisotopic (exact) mass is 633 g/mol. The minimum absolute atomic E-state index is 0.0620. The second-order valence-electron chi connectivity index (χ2n) is 9.41. The van der Waals surface area contributed by atoms with Crippen LogP contribution in [0.1, 0.15) is 18.1 Å². The molecule has 4 aromatic rings. The highest BCUT2D eigenvalue weighted by Crippen LogP contribution is 2.27. The van der Waals surface area contributed by atoms with Gasteiger partial charge in [-0.25, -0.2) is 8.42 Å². The summed E-state index contributed by atoms with van der Waals surface area (Å²) in [6.45, 7) is 1.85. The maximum Gasteiger partial charge on any atom is 0.264 e. The Labute approximate surface area is 250 Å². The molecule has 7 nitrogen and oxygen atoms in total. The normalized spacial score (nSPS) is 11.9. The predicted molar refractivity (Wildman–Crippen MR) is 165 cm³/mol. The Hall–Kier alpha value is -3.95. The van der Waals surface area contributed by atoms with Gasteiger partial charge in [-0.15, -0.1) is 0 Å². The summed E-state index contributed by atoms with van der Waals surface area (Å²) in [5.74, 6) is -0.805. The summed E-state index contributed by atoms with van der Waals surface area (Å²) in [4.78, 5) is 29.3. The van der Waals surface area contributed by atoms with Gasteiger partial charge >= 0.3 is 0 Å². The smallest absolute Gasteiger partial charge is 0.264 e. The van der Waals surface area contributed by atoms with Crippen molar-refractivity contribution in [3.63, 3.8) is 0 Å². The number of rotatable bonds is 12. The molecule has 0 saturated carbocycles. The summed E-state index contributed by atoms with van der Waals surface area (Å²) >= 11 is 3.42. The summed E-state index contributed by atoms with van der Waals surface area (Å²) in [5, 5.41) is 2.86. The molecule has 1 unspecified atom stereocenters. The van der Waals surface area contributed by atoms with Crippen LogP contribution in [-0.4, -0.2) is 44.3 Å². The number of hydrogen-bond acceptors (Lipinski definition) is 4. The number of sulfonamides is 1. The van der Waals surface area contributed by atoms with E-state index in [1.165, 1.54) is 17.0 Å². The number of halogens is 1. The first-order valence-corrected chi connectivity index (χ1v) is 15.5. The molecule has 0 bridgehead atoms. The lowest BCUT2D eigenvalue weighted by atomic mass is 10.0. The van der Waals surface area contributed by atoms with Gasteiger partial charge in [-0.3, -0.25) is 13.9 Å². The van der Waals surface area contributed by atoms with Crippen LogP contribution in [0.15, 0.2) is 125 Å². The van der Waals surface area contributed by atoms with E-state index in [0.717, 1.165) is 15.4 Å². The summed E-state index contributed by atoms with van der Waals surface area (Å²) in [6.07, 6.45) is 0.271. The van der Waals surface area contributed by atoms with E-state index in [1.807, 2.05) is 67.6 Å². The average Bonchev–Trinajstić information content (AvgIpc) is 2.99. The molecule has 0 aromatic heterocycles. The zero-order valence-electron chi connectivity index (χ0n) is 22.7. The van der Waals surface area contributed by atoms with Crippen molar-refractivity contribution in [2.24, 2.45) is 0 Å². The SMILES string of the molecule is CCNC(=O)C(Cc1ccccc1)N(Cc1ccccc1)C(=O)CN(c1cccc(Br)c1)S(=O)(=O)c1ccccc1. The molecule has 1 N–H and O–H groups in total. The summed E-state index contributed by atoms with van der Waals surface area (Å²) in [7, 11) is -4.12. The molecule has 0 aliphatic rings. The molecule has 9 heteroatoms. The van der Waals surface area contributed by atoms with Gasteiger partial charge < -0.3 is 10.2 Å². The molecule has 4 rings (SSSR count). The van der Waals surface area contributed by atoms with Crippen LogP contribution in [0.3, 0.4) is 0 Å². The number of hydrogen-bond donors (Lipinski definition) is 1. The van der Waals surface area contributed by atoms with Gasteiger partial charge in [-0.05, 0) is 48.4 Å². The number of likely N-dealkylation sites (N-methyl/N-ethyl adjacent to an activating group) is 1. The van der Waals surface area contributed by atoms with Crippen LogP contribution in [0.5, 0.6) is 0 Å². The number of benzene rings is 4. The molecule has 41 heavy (non-hydrogen) atoms. The molecule has 212 valence electrons.